The average Bonchev–Trinajstić information content (AvgIpc) is 3.54. The third-order valence-corrected chi connectivity index (χ3v) is 7.92. The molecule has 0 aliphatic heterocycles. The highest BCUT2D eigenvalue weighted by atomic mass is 32.2. The number of amides is 1. The predicted octanol–water partition coefficient (Wildman–Crippen LogP) is 4.12. The number of halogens is 2. The standard InChI is InChI=1S/C21H18F2N2O5S2/c1-29-18-11-24-21(31-18)25-20(26)19(30-17-9-4-13(22)10-16(17)23)12-2-5-14(6-3-12)32(27,28)15-7-8-15/h2-6,9-11,15,19H,7-8H2,1H3,(H,24,25,26). The van der Waals surface area contributed by atoms with E-state index < -0.39 is 33.5 Å². The Hall–Kier alpha value is -3.05. The van der Waals surface area contributed by atoms with Crippen LogP contribution in [-0.4, -0.2) is 31.7 Å². The van der Waals surface area contributed by atoms with E-state index in [4.69, 9.17) is 9.47 Å². The molecular weight excluding hydrogens is 462 g/mol. The lowest BCUT2D eigenvalue weighted by Gasteiger charge is -2.19. The number of hydrogen-bond donors (Lipinski definition) is 1. The lowest BCUT2D eigenvalue weighted by atomic mass is 10.1. The van der Waals surface area contributed by atoms with E-state index in [1.807, 2.05) is 0 Å². The van der Waals surface area contributed by atoms with E-state index in [1.54, 1.807) is 0 Å². The zero-order chi connectivity index (χ0) is 22.9. The first-order valence-corrected chi connectivity index (χ1v) is 11.9. The van der Waals surface area contributed by atoms with Crippen molar-refractivity contribution in [2.45, 2.75) is 29.1 Å². The third-order valence-electron chi connectivity index (χ3n) is 4.77. The molecule has 1 N–H and O–H groups in total. The van der Waals surface area contributed by atoms with Gasteiger partial charge in [-0.2, -0.15) is 0 Å². The molecular formula is C21H18F2N2O5S2. The number of rotatable bonds is 8. The maximum atomic E-state index is 14.2. The fraction of sp³-hybridized carbons (Fsp3) is 0.238. The smallest absolute Gasteiger partial charge is 0.271 e. The van der Waals surface area contributed by atoms with Gasteiger partial charge in [-0.1, -0.05) is 23.5 Å². The molecule has 0 spiro atoms. The molecule has 7 nitrogen and oxygen atoms in total. The van der Waals surface area contributed by atoms with E-state index in [0.29, 0.717) is 24.0 Å². The van der Waals surface area contributed by atoms with Gasteiger partial charge in [0.25, 0.3) is 5.91 Å². The van der Waals surface area contributed by atoms with Crippen molar-refractivity contribution in [3.63, 3.8) is 0 Å². The number of benzene rings is 2. The highest BCUT2D eigenvalue weighted by Crippen LogP contribution is 2.34. The van der Waals surface area contributed by atoms with Gasteiger partial charge in [-0.05, 0) is 37.1 Å². The topological polar surface area (TPSA) is 94.6 Å². The van der Waals surface area contributed by atoms with E-state index >= 15 is 0 Å². The van der Waals surface area contributed by atoms with Crippen LogP contribution < -0.4 is 14.8 Å². The molecule has 168 valence electrons. The van der Waals surface area contributed by atoms with Crippen LogP contribution in [0.25, 0.3) is 0 Å². The summed E-state index contributed by atoms with van der Waals surface area (Å²) in [5.41, 5.74) is 0.282. The maximum absolute atomic E-state index is 14.2. The SMILES string of the molecule is COc1cnc(NC(=O)C(Oc2ccc(F)cc2F)c2ccc(S(=O)(=O)C3CC3)cc2)s1. The Kier molecular flexibility index (Phi) is 6.11. The van der Waals surface area contributed by atoms with Gasteiger partial charge in [0.05, 0.1) is 23.5 Å². The molecule has 1 heterocycles. The van der Waals surface area contributed by atoms with Gasteiger partial charge >= 0.3 is 0 Å². The minimum atomic E-state index is -3.41. The number of carbonyl (C=O) groups excluding carboxylic acids is 1. The van der Waals surface area contributed by atoms with Crippen LogP contribution in [0.1, 0.15) is 24.5 Å². The highest BCUT2D eigenvalue weighted by Gasteiger charge is 2.37. The van der Waals surface area contributed by atoms with Crippen LogP contribution in [0.5, 0.6) is 10.8 Å². The van der Waals surface area contributed by atoms with Crippen LogP contribution >= 0.6 is 11.3 Å². The lowest BCUT2D eigenvalue weighted by Crippen LogP contribution is -2.26. The van der Waals surface area contributed by atoms with E-state index in [1.165, 1.54) is 37.6 Å². The van der Waals surface area contributed by atoms with Crippen molar-refractivity contribution in [3.05, 3.63) is 65.9 Å². The second-order valence-corrected chi connectivity index (χ2v) is 10.3. The number of carbonyl (C=O) groups is 1. The summed E-state index contributed by atoms with van der Waals surface area (Å²) < 4.78 is 62.9. The van der Waals surface area contributed by atoms with Gasteiger partial charge in [0, 0.05) is 11.6 Å². The summed E-state index contributed by atoms with van der Waals surface area (Å²) in [6, 6.07) is 8.36. The van der Waals surface area contributed by atoms with E-state index in [2.05, 4.69) is 10.3 Å². The molecule has 3 aromatic rings. The minimum Gasteiger partial charge on any atom is -0.486 e. The van der Waals surface area contributed by atoms with Crippen LogP contribution in [0.2, 0.25) is 0 Å². The first kappa shape index (κ1) is 22.2. The number of hydrogen-bond acceptors (Lipinski definition) is 7. The number of aromatic nitrogens is 1. The number of methoxy groups -OCH3 is 1. The molecule has 0 radical (unpaired) electrons. The van der Waals surface area contributed by atoms with Gasteiger partial charge in [0.1, 0.15) is 5.82 Å². The number of ether oxygens (including phenoxy) is 2. The molecule has 1 unspecified atom stereocenters. The summed E-state index contributed by atoms with van der Waals surface area (Å²) >= 11 is 1.08. The molecule has 1 aromatic heterocycles. The molecule has 1 amide bonds. The monoisotopic (exact) mass is 480 g/mol. The highest BCUT2D eigenvalue weighted by molar-refractivity contribution is 7.92. The van der Waals surface area contributed by atoms with Crippen molar-refractivity contribution in [2.24, 2.45) is 0 Å². The second-order valence-electron chi connectivity index (χ2n) is 7.06. The summed E-state index contributed by atoms with van der Waals surface area (Å²) in [7, 11) is -1.95. The molecule has 1 aliphatic carbocycles. The van der Waals surface area contributed by atoms with Crippen LogP contribution in [0.15, 0.2) is 53.6 Å². The number of sulfone groups is 1. The van der Waals surface area contributed by atoms with Crippen LogP contribution in [-0.2, 0) is 14.6 Å². The Morgan fingerprint density at radius 1 is 1.19 bits per heavy atom. The largest absolute Gasteiger partial charge is 0.486 e. The van der Waals surface area contributed by atoms with Crippen molar-refractivity contribution in [3.8, 4) is 10.8 Å². The van der Waals surface area contributed by atoms with E-state index in [-0.39, 0.29) is 26.6 Å². The minimum absolute atomic E-state index is 0.139. The zero-order valence-corrected chi connectivity index (χ0v) is 18.4. The summed E-state index contributed by atoms with van der Waals surface area (Å²) in [5.74, 6) is -2.78. The van der Waals surface area contributed by atoms with Gasteiger partial charge in [0.15, 0.2) is 31.6 Å². The zero-order valence-electron chi connectivity index (χ0n) is 16.7. The Bertz CT molecular complexity index is 1240. The second kappa shape index (κ2) is 8.83. The lowest BCUT2D eigenvalue weighted by molar-refractivity contribution is -0.123. The summed E-state index contributed by atoms with van der Waals surface area (Å²) in [6.45, 7) is 0. The number of anilines is 1. The fourth-order valence-corrected chi connectivity index (χ4v) is 5.25. The van der Waals surface area contributed by atoms with Gasteiger partial charge in [-0.25, -0.2) is 22.2 Å². The first-order chi connectivity index (χ1) is 15.3. The number of thiazole rings is 1. The van der Waals surface area contributed by atoms with Crippen molar-refractivity contribution in [2.75, 3.05) is 12.4 Å². The van der Waals surface area contributed by atoms with Gasteiger partial charge < -0.3 is 9.47 Å². The molecule has 1 saturated carbocycles. The molecule has 11 heteroatoms. The molecule has 0 saturated heterocycles. The van der Waals surface area contributed by atoms with Crippen LogP contribution in [0, 0.1) is 11.6 Å². The molecule has 1 fully saturated rings. The van der Waals surface area contributed by atoms with Crippen molar-refractivity contribution >= 4 is 32.2 Å². The molecule has 1 aliphatic rings. The molecule has 0 bridgehead atoms. The maximum Gasteiger partial charge on any atom is 0.271 e. The molecule has 2 aromatic carbocycles. The van der Waals surface area contributed by atoms with Crippen molar-refractivity contribution in [1.82, 2.24) is 4.98 Å². The third kappa shape index (κ3) is 4.73. The van der Waals surface area contributed by atoms with E-state index in [9.17, 15) is 22.0 Å². The summed E-state index contributed by atoms with van der Waals surface area (Å²) in [4.78, 5) is 17.1. The molecule has 32 heavy (non-hydrogen) atoms. The average molecular weight is 481 g/mol. The van der Waals surface area contributed by atoms with Gasteiger partial charge in [0.2, 0.25) is 6.10 Å². The Morgan fingerprint density at radius 2 is 1.91 bits per heavy atom. The number of nitrogens with one attached hydrogen (secondary N) is 1. The Balaban J connectivity index is 1.63. The summed E-state index contributed by atoms with van der Waals surface area (Å²) in [5, 5.41) is 2.89. The first-order valence-electron chi connectivity index (χ1n) is 9.54. The quantitative estimate of drug-likeness (QED) is 0.521. The summed E-state index contributed by atoms with van der Waals surface area (Å²) in [6.07, 6.45) is 1.31. The van der Waals surface area contributed by atoms with Crippen LogP contribution in [0.4, 0.5) is 13.9 Å². The van der Waals surface area contributed by atoms with Crippen LogP contribution in [0.3, 0.4) is 0 Å². The van der Waals surface area contributed by atoms with Crippen molar-refractivity contribution < 1.29 is 31.5 Å². The van der Waals surface area contributed by atoms with Crippen molar-refractivity contribution in [1.29, 1.82) is 0 Å². The van der Waals surface area contributed by atoms with E-state index in [0.717, 1.165) is 23.5 Å². The fourth-order valence-electron chi connectivity index (χ4n) is 2.96. The normalized spacial score (nSPS) is 14.6. The predicted molar refractivity (Wildman–Crippen MR) is 114 cm³/mol. The van der Waals surface area contributed by atoms with Gasteiger partial charge in [-0.3, -0.25) is 10.1 Å². The number of nitrogens with zero attached hydrogens (tertiary/aromatic N) is 1. The van der Waals surface area contributed by atoms with Gasteiger partial charge in [-0.15, -0.1) is 0 Å². The Labute approximate surface area is 186 Å². The molecule has 4 rings (SSSR count). The molecule has 1 atom stereocenters. The Morgan fingerprint density at radius 3 is 2.50 bits per heavy atom.